The first-order chi connectivity index (χ1) is 13.8. The van der Waals surface area contributed by atoms with Crippen molar-refractivity contribution >= 4 is 27.5 Å². The number of rotatable bonds is 6. The lowest BCUT2D eigenvalue weighted by atomic mass is 9.97. The van der Waals surface area contributed by atoms with Gasteiger partial charge in [0, 0.05) is 24.2 Å². The summed E-state index contributed by atoms with van der Waals surface area (Å²) in [4.78, 5) is 15.1. The average molecular weight is 444 g/mol. The third kappa shape index (κ3) is 5.42. The van der Waals surface area contributed by atoms with Crippen molar-refractivity contribution in [2.24, 2.45) is 5.92 Å². The lowest BCUT2D eigenvalue weighted by molar-refractivity contribution is -0.127. The highest BCUT2D eigenvalue weighted by molar-refractivity contribution is 7.89. The molecule has 2 fully saturated rings. The Morgan fingerprint density at radius 3 is 2.66 bits per heavy atom. The van der Waals surface area contributed by atoms with E-state index < -0.39 is 10.0 Å². The number of carbonyl (C=O) groups is 1. The maximum absolute atomic E-state index is 13.3. The van der Waals surface area contributed by atoms with E-state index in [9.17, 15) is 13.2 Å². The number of hydrogen-bond donors (Lipinski definition) is 1. The molecule has 0 aromatic heterocycles. The van der Waals surface area contributed by atoms with Gasteiger partial charge in [0.15, 0.2) is 0 Å². The van der Waals surface area contributed by atoms with E-state index in [-0.39, 0.29) is 35.1 Å². The summed E-state index contributed by atoms with van der Waals surface area (Å²) >= 11 is 6.05. The van der Waals surface area contributed by atoms with Crippen LogP contribution in [0.3, 0.4) is 0 Å². The van der Waals surface area contributed by atoms with Crippen LogP contribution in [0, 0.1) is 5.92 Å². The van der Waals surface area contributed by atoms with Gasteiger partial charge in [-0.25, -0.2) is 8.42 Å². The Bertz CT molecular complexity index is 825. The highest BCUT2D eigenvalue weighted by Crippen LogP contribution is 2.32. The molecule has 2 heterocycles. The fraction of sp³-hybridized carbons (Fsp3) is 0.650. The minimum absolute atomic E-state index is 0.0458. The van der Waals surface area contributed by atoms with Gasteiger partial charge in [-0.1, -0.05) is 11.6 Å². The second kappa shape index (κ2) is 9.64. The third-order valence-electron chi connectivity index (χ3n) is 5.64. The van der Waals surface area contributed by atoms with Gasteiger partial charge in [0.25, 0.3) is 0 Å². The summed E-state index contributed by atoms with van der Waals surface area (Å²) in [6.07, 6.45) is 3.20. The Balaban J connectivity index is 1.71. The number of nitrogens with one attached hydrogen (secondary N) is 1. The quantitative estimate of drug-likeness (QED) is 0.730. The first-order valence-electron chi connectivity index (χ1n) is 10.2. The van der Waals surface area contributed by atoms with Gasteiger partial charge in [-0.3, -0.25) is 4.79 Å². The van der Waals surface area contributed by atoms with Gasteiger partial charge in [-0.05, 0) is 70.9 Å². The normalized spacial score (nSPS) is 22.4. The Morgan fingerprint density at radius 1 is 1.24 bits per heavy atom. The molecule has 1 amide bonds. The fourth-order valence-electron chi connectivity index (χ4n) is 3.94. The summed E-state index contributed by atoms with van der Waals surface area (Å²) in [5.74, 6) is -0.0988. The smallest absolute Gasteiger partial charge is 0.246 e. The molecular formula is C20H30ClN3O4S. The van der Waals surface area contributed by atoms with Crippen LogP contribution in [0.5, 0.6) is 5.75 Å². The van der Waals surface area contributed by atoms with E-state index in [0.717, 1.165) is 25.9 Å². The topological polar surface area (TPSA) is 79.0 Å². The molecule has 9 heteroatoms. The molecule has 29 heavy (non-hydrogen) atoms. The molecule has 2 aliphatic rings. The summed E-state index contributed by atoms with van der Waals surface area (Å²) in [6.45, 7) is 4.65. The first-order valence-corrected chi connectivity index (χ1v) is 12.0. The third-order valence-corrected chi connectivity index (χ3v) is 7.76. The highest BCUT2D eigenvalue weighted by Gasteiger charge is 2.35. The molecule has 0 radical (unpaired) electrons. The van der Waals surface area contributed by atoms with Gasteiger partial charge in [0.05, 0.1) is 12.5 Å². The van der Waals surface area contributed by atoms with Crippen LogP contribution >= 0.6 is 11.6 Å². The minimum Gasteiger partial charge on any atom is -0.492 e. The molecule has 1 N–H and O–H groups in total. The zero-order valence-corrected chi connectivity index (χ0v) is 18.6. The predicted octanol–water partition coefficient (Wildman–Crippen LogP) is 2.35. The van der Waals surface area contributed by atoms with Gasteiger partial charge < -0.3 is 15.0 Å². The van der Waals surface area contributed by atoms with Crippen molar-refractivity contribution in [1.82, 2.24) is 14.5 Å². The van der Waals surface area contributed by atoms with Gasteiger partial charge in [-0.15, -0.1) is 0 Å². The molecular weight excluding hydrogens is 414 g/mol. The zero-order valence-electron chi connectivity index (χ0n) is 17.1. The lowest BCUT2D eigenvalue weighted by Gasteiger charge is -2.34. The molecule has 0 aliphatic carbocycles. The number of likely N-dealkylation sites (tertiary alicyclic amines) is 1. The molecule has 7 nitrogen and oxygen atoms in total. The molecule has 0 bridgehead atoms. The summed E-state index contributed by atoms with van der Waals surface area (Å²) in [5.41, 5.74) is 0. The summed E-state index contributed by atoms with van der Waals surface area (Å²) in [6, 6.07) is 4.78. The number of piperidine rings is 2. The molecule has 3 rings (SSSR count). The summed E-state index contributed by atoms with van der Waals surface area (Å²) in [5, 5.41) is 3.46. The standard InChI is InChI=1S/C20H30ClN3O4S/c1-3-28-18-7-6-16(21)13-19(18)29(26,27)24-10-4-5-15(14-24)20(25)22-17-8-11-23(2)12-9-17/h6-7,13,15,17H,3-5,8-12,14H2,1-2H3,(H,22,25)/t15-/m1/s1. The Labute approximate surface area is 178 Å². The second-order valence-corrected chi connectivity index (χ2v) is 10.2. The SMILES string of the molecule is CCOc1ccc(Cl)cc1S(=O)(=O)N1CCC[C@@H](C(=O)NC2CCN(C)CC2)C1. The number of ether oxygens (including phenoxy) is 1. The number of nitrogens with zero attached hydrogens (tertiary/aromatic N) is 2. The van der Waals surface area contributed by atoms with E-state index in [4.69, 9.17) is 16.3 Å². The van der Waals surface area contributed by atoms with E-state index in [0.29, 0.717) is 31.0 Å². The van der Waals surface area contributed by atoms with E-state index in [1.807, 2.05) is 0 Å². The second-order valence-electron chi connectivity index (χ2n) is 7.81. The van der Waals surface area contributed by atoms with Crippen LogP contribution in [0.15, 0.2) is 23.1 Å². The van der Waals surface area contributed by atoms with Crippen molar-refractivity contribution in [3.05, 3.63) is 23.2 Å². The van der Waals surface area contributed by atoms with E-state index in [1.165, 1.54) is 10.4 Å². The van der Waals surface area contributed by atoms with Crippen molar-refractivity contribution in [3.63, 3.8) is 0 Å². The van der Waals surface area contributed by atoms with E-state index in [1.54, 1.807) is 19.1 Å². The predicted molar refractivity (Wildman–Crippen MR) is 113 cm³/mol. The highest BCUT2D eigenvalue weighted by atomic mass is 35.5. The molecule has 162 valence electrons. The fourth-order valence-corrected chi connectivity index (χ4v) is 5.86. The van der Waals surface area contributed by atoms with Crippen LogP contribution in [0.4, 0.5) is 0 Å². The maximum Gasteiger partial charge on any atom is 0.246 e. The minimum atomic E-state index is -3.81. The number of benzene rings is 1. The summed E-state index contributed by atoms with van der Waals surface area (Å²) < 4.78 is 33.5. The van der Waals surface area contributed by atoms with Crippen LogP contribution < -0.4 is 10.1 Å². The van der Waals surface area contributed by atoms with Crippen molar-refractivity contribution in [3.8, 4) is 5.75 Å². The van der Waals surface area contributed by atoms with Gasteiger partial charge in [-0.2, -0.15) is 4.31 Å². The Morgan fingerprint density at radius 2 is 1.97 bits per heavy atom. The molecule has 2 aliphatic heterocycles. The van der Waals surface area contributed by atoms with Gasteiger partial charge >= 0.3 is 0 Å². The number of carbonyl (C=O) groups excluding carboxylic acids is 1. The summed E-state index contributed by atoms with van der Waals surface area (Å²) in [7, 11) is -1.73. The van der Waals surface area contributed by atoms with Crippen molar-refractivity contribution in [1.29, 1.82) is 0 Å². The number of halogens is 1. The first kappa shape index (κ1) is 22.3. The Kier molecular flexibility index (Phi) is 7.42. The molecule has 1 aromatic rings. The lowest BCUT2D eigenvalue weighted by Crippen LogP contribution is -2.49. The molecule has 1 aromatic carbocycles. The molecule has 0 unspecified atom stereocenters. The maximum atomic E-state index is 13.3. The van der Waals surface area contributed by atoms with Crippen molar-refractivity contribution in [2.75, 3.05) is 39.8 Å². The largest absolute Gasteiger partial charge is 0.492 e. The van der Waals surface area contributed by atoms with Gasteiger partial charge in [0.2, 0.25) is 15.9 Å². The molecule has 2 saturated heterocycles. The number of amides is 1. The van der Waals surface area contributed by atoms with Crippen LogP contribution in [-0.4, -0.2) is 69.4 Å². The molecule has 0 spiro atoms. The number of sulfonamides is 1. The monoisotopic (exact) mass is 443 g/mol. The van der Waals surface area contributed by atoms with Crippen LogP contribution in [-0.2, 0) is 14.8 Å². The van der Waals surface area contributed by atoms with Crippen LogP contribution in [0.1, 0.15) is 32.6 Å². The zero-order chi connectivity index (χ0) is 21.0. The van der Waals surface area contributed by atoms with E-state index >= 15 is 0 Å². The molecule has 1 atom stereocenters. The molecule has 0 saturated carbocycles. The van der Waals surface area contributed by atoms with Crippen molar-refractivity contribution < 1.29 is 17.9 Å². The number of hydrogen-bond acceptors (Lipinski definition) is 5. The van der Waals surface area contributed by atoms with Crippen LogP contribution in [0.2, 0.25) is 5.02 Å². The van der Waals surface area contributed by atoms with Crippen molar-refractivity contribution in [2.45, 2.75) is 43.5 Å². The van der Waals surface area contributed by atoms with E-state index in [2.05, 4.69) is 17.3 Å². The van der Waals surface area contributed by atoms with Gasteiger partial charge in [0.1, 0.15) is 10.6 Å². The Hall–Kier alpha value is -1.35. The van der Waals surface area contributed by atoms with Crippen LogP contribution in [0.25, 0.3) is 0 Å². The average Bonchev–Trinajstić information content (AvgIpc) is 2.71.